The monoisotopic (exact) mass is 195 g/mol. The van der Waals surface area contributed by atoms with Crippen molar-refractivity contribution in [1.82, 2.24) is 0 Å². The minimum Gasteiger partial charge on any atom is -0.496 e. The summed E-state index contributed by atoms with van der Waals surface area (Å²) in [6.07, 6.45) is 0.779. The molecule has 0 aliphatic carbocycles. The lowest BCUT2D eigenvalue weighted by molar-refractivity contribution is 0.140. The average Bonchev–Trinajstić information content (AvgIpc) is 2.20. The quantitative estimate of drug-likeness (QED) is 0.744. The van der Waals surface area contributed by atoms with E-state index in [1.54, 1.807) is 7.11 Å². The van der Waals surface area contributed by atoms with Gasteiger partial charge in [0.1, 0.15) is 5.75 Å². The average molecular weight is 195 g/mol. The molecule has 14 heavy (non-hydrogen) atoms. The molecule has 0 atom stereocenters. The Hall–Kier alpha value is -1.06. The molecular formula is C11H17NO2. The molecule has 0 radical (unpaired) electrons. The lowest BCUT2D eigenvalue weighted by Gasteiger charge is -2.12. The Morgan fingerprint density at radius 2 is 2.00 bits per heavy atom. The Morgan fingerprint density at radius 3 is 2.57 bits per heavy atom. The first-order valence-electron chi connectivity index (χ1n) is 4.65. The highest BCUT2D eigenvalue weighted by atomic mass is 16.6. The number of rotatable bonds is 4. The highest BCUT2D eigenvalue weighted by molar-refractivity contribution is 5.45. The molecule has 0 aliphatic heterocycles. The largest absolute Gasteiger partial charge is 0.496 e. The van der Waals surface area contributed by atoms with Crippen LogP contribution in [0.15, 0.2) is 12.1 Å². The van der Waals surface area contributed by atoms with E-state index in [0.717, 1.165) is 17.7 Å². The van der Waals surface area contributed by atoms with Gasteiger partial charge in [-0.1, -0.05) is 12.1 Å². The fourth-order valence-corrected chi connectivity index (χ4v) is 1.50. The van der Waals surface area contributed by atoms with Crippen molar-refractivity contribution in [3.8, 4) is 5.75 Å². The van der Waals surface area contributed by atoms with Gasteiger partial charge in [0, 0.05) is 6.42 Å². The minimum atomic E-state index is 0.513. The zero-order valence-electron chi connectivity index (χ0n) is 8.96. The van der Waals surface area contributed by atoms with Crippen LogP contribution in [0.1, 0.15) is 16.7 Å². The van der Waals surface area contributed by atoms with Crippen molar-refractivity contribution in [3.05, 3.63) is 28.8 Å². The molecule has 0 aliphatic rings. The van der Waals surface area contributed by atoms with E-state index in [-0.39, 0.29) is 0 Å². The van der Waals surface area contributed by atoms with Gasteiger partial charge >= 0.3 is 0 Å². The van der Waals surface area contributed by atoms with Gasteiger partial charge in [-0.15, -0.1) is 0 Å². The Kier molecular flexibility index (Phi) is 3.92. The summed E-state index contributed by atoms with van der Waals surface area (Å²) >= 11 is 0. The van der Waals surface area contributed by atoms with Crippen LogP contribution in [-0.2, 0) is 11.3 Å². The van der Waals surface area contributed by atoms with Crippen LogP contribution in [0.3, 0.4) is 0 Å². The Morgan fingerprint density at radius 1 is 1.29 bits per heavy atom. The first kappa shape index (κ1) is 11.0. The van der Waals surface area contributed by atoms with E-state index in [1.165, 1.54) is 11.1 Å². The predicted molar refractivity (Wildman–Crippen MR) is 56.3 cm³/mol. The van der Waals surface area contributed by atoms with Gasteiger partial charge in [-0.3, -0.25) is 0 Å². The van der Waals surface area contributed by atoms with Gasteiger partial charge in [-0.2, -0.15) is 0 Å². The van der Waals surface area contributed by atoms with Crippen molar-refractivity contribution < 1.29 is 9.57 Å². The smallest absolute Gasteiger partial charge is 0.125 e. The molecule has 0 fully saturated rings. The van der Waals surface area contributed by atoms with Crippen LogP contribution in [0.2, 0.25) is 0 Å². The SMILES string of the molecule is COc1c(CCON)ccc(C)c1C. The van der Waals surface area contributed by atoms with Crippen molar-refractivity contribution in [2.45, 2.75) is 20.3 Å². The maximum absolute atomic E-state index is 5.36. The molecule has 0 bridgehead atoms. The predicted octanol–water partition coefficient (Wildman–Crippen LogP) is 1.74. The van der Waals surface area contributed by atoms with Crippen LogP contribution in [-0.4, -0.2) is 13.7 Å². The van der Waals surface area contributed by atoms with Gasteiger partial charge in [0.15, 0.2) is 0 Å². The van der Waals surface area contributed by atoms with Gasteiger partial charge in [0.05, 0.1) is 13.7 Å². The second kappa shape index (κ2) is 4.98. The zero-order chi connectivity index (χ0) is 10.6. The molecule has 0 saturated heterocycles. The van der Waals surface area contributed by atoms with E-state index in [2.05, 4.69) is 30.8 Å². The summed E-state index contributed by atoms with van der Waals surface area (Å²) in [5.74, 6) is 5.94. The molecular weight excluding hydrogens is 178 g/mol. The van der Waals surface area contributed by atoms with E-state index < -0.39 is 0 Å². The molecule has 0 aromatic heterocycles. The molecule has 0 saturated carbocycles. The molecule has 0 unspecified atom stereocenters. The van der Waals surface area contributed by atoms with E-state index in [9.17, 15) is 0 Å². The molecule has 78 valence electrons. The molecule has 1 rings (SSSR count). The standard InChI is InChI=1S/C11H17NO2/c1-8-4-5-10(6-7-14-12)11(13-3)9(8)2/h4-5H,6-7,12H2,1-3H3. The Bertz CT molecular complexity index is 310. The molecule has 0 heterocycles. The lowest BCUT2D eigenvalue weighted by atomic mass is 10.0. The molecule has 2 N–H and O–H groups in total. The van der Waals surface area contributed by atoms with Gasteiger partial charge in [-0.05, 0) is 30.5 Å². The van der Waals surface area contributed by atoms with Crippen LogP contribution in [0.25, 0.3) is 0 Å². The second-order valence-corrected chi connectivity index (χ2v) is 3.32. The van der Waals surface area contributed by atoms with Gasteiger partial charge in [0.25, 0.3) is 0 Å². The van der Waals surface area contributed by atoms with Crippen LogP contribution in [0.4, 0.5) is 0 Å². The number of methoxy groups -OCH3 is 1. The maximum Gasteiger partial charge on any atom is 0.125 e. The number of nitrogens with two attached hydrogens (primary N) is 1. The number of benzene rings is 1. The Balaban J connectivity index is 2.98. The first-order valence-corrected chi connectivity index (χ1v) is 4.65. The first-order chi connectivity index (χ1) is 6.70. The summed E-state index contributed by atoms with van der Waals surface area (Å²) in [4.78, 5) is 4.56. The summed E-state index contributed by atoms with van der Waals surface area (Å²) in [6, 6.07) is 4.14. The summed E-state index contributed by atoms with van der Waals surface area (Å²) in [5, 5.41) is 0. The fraction of sp³-hybridized carbons (Fsp3) is 0.455. The third-order valence-electron chi connectivity index (χ3n) is 2.45. The number of aryl methyl sites for hydroxylation is 1. The third-order valence-corrected chi connectivity index (χ3v) is 2.45. The molecule has 3 nitrogen and oxygen atoms in total. The highest BCUT2D eigenvalue weighted by Crippen LogP contribution is 2.26. The molecule has 1 aromatic carbocycles. The summed E-state index contributed by atoms with van der Waals surface area (Å²) < 4.78 is 5.36. The van der Waals surface area contributed by atoms with Gasteiger partial charge < -0.3 is 9.57 Å². The molecule has 0 amide bonds. The van der Waals surface area contributed by atoms with Crippen molar-refractivity contribution in [3.63, 3.8) is 0 Å². The van der Waals surface area contributed by atoms with E-state index >= 15 is 0 Å². The van der Waals surface area contributed by atoms with E-state index in [0.29, 0.717) is 6.61 Å². The zero-order valence-corrected chi connectivity index (χ0v) is 8.96. The Labute approximate surface area is 84.8 Å². The van der Waals surface area contributed by atoms with E-state index in [4.69, 9.17) is 10.6 Å². The van der Waals surface area contributed by atoms with Crippen molar-refractivity contribution in [2.24, 2.45) is 5.90 Å². The number of hydrogen-bond acceptors (Lipinski definition) is 3. The van der Waals surface area contributed by atoms with Crippen LogP contribution < -0.4 is 10.6 Å². The molecule has 1 aromatic rings. The molecule has 3 heteroatoms. The van der Waals surface area contributed by atoms with Crippen LogP contribution in [0, 0.1) is 13.8 Å². The van der Waals surface area contributed by atoms with Gasteiger partial charge in [-0.25, -0.2) is 5.90 Å². The van der Waals surface area contributed by atoms with Crippen LogP contribution >= 0.6 is 0 Å². The molecule has 0 spiro atoms. The third kappa shape index (κ3) is 2.25. The lowest BCUT2D eigenvalue weighted by Crippen LogP contribution is -2.05. The van der Waals surface area contributed by atoms with Crippen molar-refractivity contribution in [1.29, 1.82) is 0 Å². The summed E-state index contributed by atoms with van der Waals surface area (Å²) in [5.41, 5.74) is 3.56. The highest BCUT2D eigenvalue weighted by Gasteiger charge is 2.07. The fourth-order valence-electron chi connectivity index (χ4n) is 1.50. The minimum absolute atomic E-state index is 0.513. The second-order valence-electron chi connectivity index (χ2n) is 3.32. The topological polar surface area (TPSA) is 44.5 Å². The normalized spacial score (nSPS) is 10.3. The van der Waals surface area contributed by atoms with Gasteiger partial charge in [0.2, 0.25) is 0 Å². The van der Waals surface area contributed by atoms with Crippen molar-refractivity contribution >= 4 is 0 Å². The number of hydrogen-bond donors (Lipinski definition) is 1. The maximum atomic E-state index is 5.36. The van der Waals surface area contributed by atoms with E-state index in [1.807, 2.05) is 0 Å². The van der Waals surface area contributed by atoms with Crippen LogP contribution in [0.5, 0.6) is 5.75 Å². The summed E-state index contributed by atoms with van der Waals surface area (Å²) in [6.45, 7) is 4.64. The van der Waals surface area contributed by atoms with Crippen molar-refractivity contribution in [2.75, 3.05) is 13.7 Å². The number of ether oxygens (including phenoxy) is 1. The summed E-state index contributed by atoms with van der Waals surface area (Å²) in [7, 11) is 1.69.